The van der Waals surface area contributed by atoms with Crippen LogP contribution in [0.5, 0.6) is 0 Å². The van der Waals surface area contributed by atoms with E-state index in [1.165, 1.54) is 11.8 Å². The molecular formula is C21H30N4O4S2. The first-order chi connectivity index (χ1) is 14.8. The zero-order valence-electron chi connectivity index (χ0n) is 18.0. The fraction of sp³-hybridized carbons (Fsp3) is 0.667. The average Bonchev–Trinajstić information content (AvgIpc) is 3.19. The number of piperidine rings is 1. The Bertz CT molecular complexity index is 930. The number of aromatic nitrogens is 1. The zero-order chi connectivity index (χ0) is 22.1. The Morgan fingerprint density at radius 3 is 2.35 bits per heavy atom. The highest BCUT2D eigenvalue weighted by atomic mass is 32.2. The largest absolute Gasteiger partial charge is 0.341 e. The van der Waals surface area contributed by atoms with E-state index in [0.717, 1.165) is 37.4 Å². The number of nitrogens with zero attached hydrogens (tertiary/aromatic N) is 4. The van der Waals surface area contributed by atoms with Crippen LogP contribution in [0.15, 0.2) is 23.4 Å². The number of carbonyl (C=O) groups excluding carboxylic acids is 2. The van der Waals surface area contributed by atoms with E-state index in [9.17, 15) is 18.0 Å². The highest BCUT2D eigenvalue weighted by molar-refractivity contribution is 7.98. The molecule has 0 N–H and O–H groups in total. The second kappa shape index (κ2) is 9.07. The van der Waals surface area contributed by atoms with Gasteiger partial charge in [-0.3, -0.25) is 14.5 Å². The van der Waals surface area contributed by atoms with Crippen LogP contribution in [0.25, 0.3) is 0 Å². The molecule has 3 aliphatic rings. The molecule has 8 nitrogen and oxygen atoms in total. The van der Waals surface area contributed by atoms with Crippen molar-refractivity contribution >= 4 is 33.4 Å². The van der Waals surface area contributed by atoms with Gasteiger partial charge in [0.1, 0.15) is 5.03 Å². The van der Waals surface area contributed by atoms with Crippen molar-refractivity contribution in [3.05, 3.63) is 23.9 Å². The maximum Gasteiger partial charge on any atom is 0.256 e. The second-order valence-corrected chi connectivity index (χ2v) is 11.9. The van der Waals surface area contributed by atoms with Crippen molar-refractivity contribution in [3.63, 3.8) is 0 Å². The predicted molar refractivity (Wildman–Crippen MR) is 120 cm³/mol. The summed E-state index contributed by atoms with van der Waals surface area (Å²) in [6.45, 7) is 4.07. The van der Waals surface area contributed by atoms with Gasteiger partial charge >= 0.3 is 0 Å². The lowest BCUT2D eigenvalue weighted by molar-refractivity contribution is -0.131. The van der Waals surface area contributed by atoms with Crippen molar-refractivity contribution in [1.29, 1.82) is 0 Å². The molecule has 3 aliphatic heterocycles. The number of carbonyl (C=O) groups is 2. The quantitative estimate of drug-likeness (QED) is 0.611. The van der Waals surface area contributed by atoms with E-state index in [-0.39, 0.29) is 28.7 Å². The summed E-state index contributed by atoms with van der Waals surface area (Å²) in [5.41, 5.74) is 0.757. The van der Waals surface area contributed by atoms with Crippen LogP contribution >= 0.6 is 11.8 Å². The highest BCUT2D eigenvalue weighted by Gasteiger charge is 2.43. The third kappa shape index (κ3) is 5.06. The first kappa shape index (κ1) is 22.5. The van der Waals surface area contributed by atoms with Crippen LogP contribution in [0.4, 0.5) is 0 Å². The molecule has 0 saturated carbocycles. The van der Waals surface area contributed by atoms with Crippen LogP contribution in [0.1, 0.15) is 29.6 Å². The molecular weight excluding hydrogens is 436 g/mol. The molecule has 4 heterocycles. The normalized spacial score (nSPS) is 23.3. The number of likely N-dealkylation sites (tertiary alicyclic amines) is 2. The Kier molecular flexibility index (Phi) is 6.60. The molecule has 0 aliphatic carbocycles. The van der Waals surface area contributed by atoms with Gasteiger partial charge in [-0.2, -0.15) is 0 Å². The first-order valence-corrected chi connectivity index (χ1v) is 13.8. The van der Waals surface area contributed by atoms with Gasteiger partial charge in [0.15, 0.2) is 9.84 Å². The molecule has 1 aromatic heterocycles. The summed E-state index contributed by atoms with van der Waals surface area (Å²) in [5, 5.41) is 0.760. The van der Waals surface area contributed by atoms with Crippen molar-refractivity contribution in [1.82, 2.24) is 19.7 Å². The fourth-order valence-corrected chi connectivity index (χ4v) is 6.64. The lowest BCUT2D eigenvalue weighted by Gasteiger charge is -2.39. The van der Waals surface area contributed by atoms with Gasteiger partial charge in [-0.1, -0.05) is 0 Å². The minimum atomic E-state index is -2.93. The smallest absolute Gasteiger partial charge is 0.256 e. The van der Waals surface area contributed by atoms with Crippen LogP contribution in [0.3, 0.4) is 0 Å². The van der Waals surface area contributed by atoms with Crippen molar-refractivity contribution < 1.29 is 18.0 Å². The maximum atomic E-state index is 13.0. The molecule has 0 aromatic carbocycles. The van der Waals surface area contributed by atoms with Crippen molar-refractivity contribution in [2.75, 3.05) is 63.6 Å². The SMILES string of the molecule is CSc1ncccc1C(=O)N1CCC2(CCN(C(=O)CN3CCS(=O)(=O)CC3)C2)CC1. The summed E-state index contributed by atoms with van der Waals surface area (Å²) in [6.07, 6.45) is 6.41. The van der Waals surface area contributed by atoms with Gasteiger partial charge in [-0.05, 0) is 43.1 Å². The van der Waals surface area contributed by atoms with Crippen molar-refractivity contribution in [3.8, 4) is 0 Å². The number of hydrogen-bond acceptors (Lipinski definition) is 7. The Labute approximate surface area is 188 Å². The first-order valence-electron chi connectivity index (χ1n) is 10.8. The maximum absolute atomic E-state index is 13.0. The summed E-state index contributed by atoms with van der Waals surface area (Å²) in [5.74, 6) is 0.417. The fourth-order valence-electron chi connectivity index (χ4n) is 4.83. The van der Waals surface area contributed by atoms with Crippen LogP contribution in [-0.2, 0) is 14.6 Å². The molecule has 31 heavy (non-hydrogen) atoms. The summed E-state index contributed by atoms with van der Waals surface area (Å²) >= 11 is 1.48. The Morgan fingerprint density at radius 1 is 1.06 bits per heavy atom. The molecule has 0 unspecified atom stereocenters. The molecule has 1 aromatic rings. The van der Waals surface area contributed by atoms with Crippen LogP contribution < -0.4 is 0 Å². The lowest BCUT2D eigenvalue weighted by atomic mass is 9.77. The van der Waals surface area contributed by atoms with Gasteiger partial charge < -0.3 is 9.80 Å². The molecule has 1 spiro atoms. The molecule has 0 bridgehead atoms. The van der Waals surface area contributed by atoms with Gasteiger partial charge in [0.05, 0.1) is 23.6 Å². The number of sulfone groups is 1. The second-order valence-electron chi connectivity index (χ2n) is 8.85. The lowest BCUT2D eigenvalue weighted by Crippen LogP contribution is -2.47. The number of thioether (sulfide) groups is 1. The van der Waals surface area contributed by atoms with Gasteiger partial charge in [0.25, 0.3) is 5.91 Å². The summed E-state index contributed by atoms with van der Waals surface area (Å²) in [7, 11) is -2.93. The number of hydrogen-bond donors (Lipinski definition) is 0. The van der Waals surface area contributed by atoms with Gasteiger partial charge in [-0.15, -0.1) is 11.8 Å². The van der Waals surface area contributed by atoms with Crippen LogP contribution in [-0.4, -0.2) is 103 Å². The minimum absolute atomic E-state index is 0.0401. The Morgan fingerprint density at radius 2 is 1.71 bits per heavy atom. The molecule has 2 amide bonds. The Hall–Kier alpha value is -1.65. The number of pyridine rings is 1. The zero-order valence-corrected chi connectivity index (χ0v) is 19.6. The van der Waals surface area contributed by atoms with E-state index in [0.29, 0.717) is 38.3 Å². The average molecular weight is 467 g/mol. The molecule has 10 heteroatoms. The summed E-state index contributed by atoms with van der Waals surface area (Å²) in [6, 6.07) is 3.64. The molecule has 170 valence electrons. The van der Waals surface area contributed by atoms with Gasteiger partial charge in [0, 0.05) is 45.5 Å². The standard InChI is InChI=1S/C21H30N4O4S2/c1-30-19-17(3-2-7-22-19)20(27)24-8-4-21(5-9-24)6-10-25(16-21)18(26)15-23-11-13-31(28,29)14-12-23/h2-3,7H,4-6,8-16H2,1H3. The Balaban J connectivity index is 1.29. The highest BCUT2D eigenvalue weighted by Crippen LogP contribution is 2.40. The van der Waals surface area contributed by atoms with Gasteiger partial charge in [-0.25, -0.2) is 13.4 Å². The third-order valence-corrected chi connectivity index (χ3v) is 9.21. The molecule has 4 rings (SSSR count). The summed E-state index contributed by atoms with van der Waals surface area (Å²) in [4.78, 5) is 35.9. The summed E-state index contributed by atoms with van der Waals surface area (Å²) < 4.78 is 23.2. The monoisotopic (exact) mass is 466 g/mol. The topological polar surface area (TPSA) is 90.9 Å². The molecule has 0 radical (unpaired) electrons. The van der Waals surface area contributed by atoms with Crippen LogP contribution in [0, 0.1) is 5.41 Å². The number of amides is 2. The third-order valence-electron chi connectivity index (χ3n) is 6.89. The van der Waals surface area contributed by atoms with E-state index >= 15 is 0 Å². The molecule has 3 saturated heterocycles. The number of rotatable bonds is 4. The minimum Gasteiger partial charge on any atom is -0.341 e. The molecule has 0 atom stereocenters. The van der Waals surface area contributed by atoms with Crippen molar-refractivity contribution in [2.45, 2.75) is 24.3 Å². The van der Waals surface area contributed by atoms with E-state index in [1.54, 1.807) is 12.3 Å². The van der Waals surface area contributed by atoms with E-state index in [1.807, 2.05) is 27.0 Å². The van der Waals surface area contributed by atoms with E-state index in [2.05, 4.69) is 4.98 Å². The molecule has 3 fully saturated rings. The van der Waals surface area contributed by atoms with Crippen LogP contribution in [0.2, 0.25) is 0 Å². The van der Waals surface area contributed by atoms with Crippen molar-refractivity contribution in [2.24, 2.45) is 5.41 Å². The predicted octanol–water partition coefficient (Wildman–Crippen LogP) is 0.989. The van der Waals surface area contributed by atoms with Gasteiger partial charge in [0.2, 0.25) is 5.91 Å². The van der Waals surface area contributed by atoms with E-state index < -0.39 is 9.84 Å². The van der Waals surface area contributed by atoms with E-state index in [4.69, 9.17) is 0 Å².